The van der Waals surface area contributed by atoms with Crippen molar-refractivity contribution in [2.24, 2.45) is 0 Å². The Kier molecular flexibility index (Phi) is 4.96. The van der Waals surface area contributed by atoms with Crippen LogP contribution in [0.15, 0.2) is 24.3 Å². The molecule has 0 aliphatic rings. The lowest BCUT2D eigenvalue weighted by molar-refractivity contribution is -0.139. The van der Waals surface area contributed by atoms with Gasteiger partial charge in [0.2, 0.25) is 0 Å². The Balaban J connectivity index is 2.39. The molecule has 0 bridgehead atoms. The Hall–Kier alpha value is -2.08. The molecule has 92 valence electrons. The predicted octanol–water partition coefficient (Wildman–Crippen LogP) is 0.324. The van der Waals surface area contributed by atoms with Gasteiger partial charge in [-0.2, -0.15) is 0 Å². The number of carbonyl (C=O) groups is 2. The first-order chi connectivity index (χ1) is 8.08. The van der Waals surface area contributed by atoms with Gasteiger partial charge in [0.15, 0.2) is 6.61 Å². The van der Waals surface area contributed by atoms with Crippen molar-refractivity contribution in [3.63, 3.8) is 0 Å². The topological polar surface area (TPSA) is 95.9 Å². The molecule has 0 amide bonds. The molecule has 17 heavy (non-hydrogen) atoms. The van der Waals surface area contributed by atoms with E-state index in [2.05, 4.69) is 5.32 Å². The number of rotatable bonds is 7. The fourth-order valence-electron chi connectivity index (χ4n) is 1.16. The Morgan fingerprint density at radius 2 is 1.76 bits per heavy atom. The lowest BCUT2D eigenvalue weighted by Crippen LogP contribution is -2.21. The van der Waals surface area contributed by atoms with Crippen molar-refractivity contribution in [2.75, 3.05) is 13.2 Å². The highest BCUT2D eigenvalue weighted by Crippen LogP contribution is 2.11. The van der Waals surface area contributed by atoms with Gasteiger partial charge in [-0.05, 0) is 17.7 Å². The quantitative estimate of drug-likeness (QED) is 0.634. The highest BCUT2D eigenvalue weighted by molar-refractivity contribution is 5.69. The van der Waals surface area contributed by atoms with Gasteiger partial charge < -0.3 is 20.3 Å². The second-order valence-corrected chi connectivity index (χ2v) is 3.32. The van der Waals surface area contributed by atoms with Gasteiger partial charge in [0.1, 0.15) is 5.75 Å². The molecule has 0 radical (unpaired) electrons. The Morgan fingerprint density at radius 1 is 1.12 bits per heavy atom. The summed E-state index contributed by atoms with van der Waals surface area (Å²) in [4.78, 5) is 20.5. The first-order valence-electron chi connectivity index (χ1n) is 4.94. The van der Waals surface area contributed by atoms with Crippen LogP contribution in [0.3, 0.4) is 0 Å². The molecular weight excluding hydrogens is 226 g/mol. The Bertz CT molecular complexity index is 387. The van der Waals surface area contributed by atoms with Crippen LogP contribution in [-0.2, 0) is 16.1 Å². The van der Waals surface area contributed by atoms with Crippen LogP contribution >= 0.6 is 0 Å². The van der Waals surface area contributed by atoms with Crippen LogP contribution in [0.25, 0.3) is 0 Å². The van der Waals surface area contributed by atoms with E-state index in [1.165, 1.54) is 0 Å². The zero-order chi connectivity index (χ0) is 12.7. The van der Waals surface area contributed by atoms with Gasteiger partial charge in [-0.1, -0.05) is 12.1 Å². The van der Waals surface area contributed by atoms with Crippen LogP contribution in [0, 0.1) is 0 Å². The van der Waals surface area contributed by atoms with E-state index >= 15 is 0 Å². The van der Waals surface area contributed by atoms with Crippen molar-refractivity contribution in [2.45, 2.75) is 6.54 Å². The molecule has 0 heterocycles. The summed E-state index contributed by atoms with van der Waals surface area (Å²) < 4.78 is 4.95. The molecule has 6 nitrogen and oxygen atoms in total. The van der Waals surface area contributed by atoms with Gasteiger partial charge in [-0.25, -0.2) is 4.79 Å². The van der Waals surface area contributed by atoms with Crippen LogP contribution in [0.2, 0.25) is 0 Å². The summed E-state index contributed by atoms with van der Waals surface area (Å²) in [5.74, 6) is -1.47. The SMILES string of the molecule is O=C(O)CNCc1ccc(OCC(=O)O)cc1. The van der Waals surface area contributed by atoms with Crippen molar-refractivity contribution >= 4 is 11.9 Å². The number of aliphatic carboxylic acids is 2. The highest BCUT2D eigenvalue weighted by atomic mass is 16.5. The van der Waals surface area contributed by atoms with E-state index < -0.39 is 11.9 Å². The van der Waals surface area contributed by atoms with Crippen molar-refractivity contribution in [3.05, 3.63) is 29.8 Å². The van der Waals surface area contributed by atoms with Crippen LogP contribution in [0.1, 0.15) is 5.56 Å². The lowest BCUT2D eigenvalue weighted by Gasteiger charge is -2.05. The molecule has 0 saturated carbocycles. The molecule has 0 aliphatic carbocycles. The smallest absolute Gasteiger partial charge is 0.341 e. The van der Waals surface area contributed by atoms with E-state index in [1.54, 1.807) is 24.3 Å². The molecule has 0 saturated heterocycles. The molecule has 1 aromatic carbocycles. The third kappa shape index (κ3) is 5.53. The van der Waals surface area contributed by atoms with Crippen LogP contribution in [-0.4, -0.2) is 35.3 Å². The van der Waals surface area contributed by atoms with Crippen molar-refractivity contribution in [3.8, 4) is 5.75 Å². The molecule has 0 aromatic heterocycles. The summed E-state index contributed by atoms with van der Waals surface area (Å²) in [6.07, 6.45) is 0. The van der Waals surface area contributed by atoms with Crippen LogP contribution in [0.5, 0.6) is 5.75 Å². The molecule has 0 aliphatic heterocycles. The van der Waals surface area contributed by atoms with E-state index in [1.807, 2.05) is 0 Å². The average molecular weight is 239 g/mol. The van der Waals surface area contributed by atoms with E-state index in [0.29, 0.717) is 12.3 Å². The zero-order valence-electron chi connectivity index (χ0n) is 9.05. The van der Waals surface area contributed by atoms with E-state index in [9.17, 15) is 9.59 Å². The molecule has 0 atom stereocenters. The number of carboxylic acids is 2. The summed E-state index contributed by atoms with van der Waals surface area (Å²) in [5, 5.41) is 19.6. The molecular formula is C11H13NO5. The third-order valence-electron chi connectivity index (χ3n) is 1.89. The van der Waals surface area contributed by atoms with E-state index in [4.69, 9.17) is 14.9 Å². The fraction of sp³-hybridized carbons (Fsp3) is 0.273. The minimum Gasteiger partial charge on any atom is -0.482 e. The maximum absolute atomic E-state index is 10.3. The molecule has 6 heteroatoms. The average Bonchev–Trinajstić information content (AvgIpc) is 2.27. The maximum Gasteiger partial charge on any atom is 0.341 e. The van der Waals surface area contributed by atoms with Crippen molar-refractivity contribution in [1.82, 2.24) is 5.32 Å². The minimum atomic E-state index is -1.03. The monoisotopic (exact) mass is 239 g/mol. The number of ether oxygens (including phenoxy) is 1. The van der Waals surface area contributed by atoms with E-state index in [0.717, 1.165) is 5.56 Å². The molecule has 0 fully saturated rings. The molecule has 1 rings (SSSR count). The first-order valence-corrected chi connectivity index (χ1v) is 4.94. The van der Waals surface area contributed by atoms with Gasteiger partial charge in [0, 0.05) is 6.54 Å². The van der Waals surface area contributed by atoms with Crippen LogP contribution < -0.4 is 10.1 Å². The lowest BCUT2D eigenvalue weighted by atomic mass is 10.2. The predicted molar refractivity (Wildman–Crippen MR) is 58.9 cm³/mol. The number of hydrogen-bond donors (Lipinski definition) is 3. The Morgan fingerprint density at radius 3 is 2.29 bits per heavy atom. The molecule has 0 spiro atoms. The third-order valence-corrected chi connectivity index (χ3v) is 1.89. The van der Waals surface area contributed by atoms with Gasteiger partial charge in [0.05, 0.1) is 6.54 Å². The van der Waals surface area contributed by atoms with Crippen LogP contribution in [0.4, 0.5) is 0 Å². The minimum absolute atomic E-state index is 0.0999. The van der Waals surface area contributed by atoms with Gasteiger partial charge in [0.25, 0.3) is 0 Å². The molecule has 0 unspecified atom stereocenters. The first kappa shape index (κ1) is 13.0. The normalized spacial score (nSPS) is 9.88. The van der Waals surface area contributed by atoms with E-state index in [-0.39, 0.29) is 13.2 Å². The standard InChI is InChI=1S/C11H13NO5/c13-10(14)6-12-5-8-1-3-9(4-2-8)17-7-11(15)16/h1-4,12H,5-7H2,(H,13,14)(H,15,16). The van der Waals surface area contributed by atoms with Gasteiger partial charge in [-0.15, -0.1) is 0 Å². The number of hydrogen-bond acceptors (Lipinski definition) is 4. The summed E-state index contributed by atoms with van der Waals surface area (Å²) in [6.45, 7) is -0.0423. The maximum atomic E-state index is 10.3. The number of nitrogens with one attached hydrogen (secondary N) is 1. The summed E-state index contributed by atoms with van der Waals surface area (Å²) in [6, 6.07) is 6.76. The summed E-state index contributed by atoms with van der Waals surface area (Å²) >= 11 is 0. The van der Waals surface area contributed by atoms with Crippen molar-refractivity contribution < 1.29 is 24.5 Å². The number of benzene rings is 1. The molecule has 3 N–H and O–H groups in total. The second kappa shape index (κ2) is 6.49. The zero-order valence-corrected chi connectivity index (χ0v) is 9.05. The molecule has 1 aromatic rings. The fourth-order valence-corrected chi connectivity index (χ4v) is 1.16. The van der Waals surface area contributed by atoms with Crippen molar-refractivity contribution in [1.29, 1.82) is 0 Å². The number of carboxylic acid groups (broad SMARTS) is 2. The summed E-state index contributed by atoms with van der Waals surface area (Å²) in [5.41, 5.74) is 0.897. The second-order valence-electron chi connectivity index (χ2n) is 3.32. The largest absolute Gasteiger partial charge is 0.482 e. The van der Waals surface area contributed by atoms with Gasteiger partial charge in [-0.3, -0.25) is 4.79 Å². The van der Waals surface area contributed by atoms with Gasteiger partial charge >= 0.3 is 11.9 Å². The summed E-state index contributed by atoms with van der Waals surface area (Å²) in [7, 11) is 0. The Labute approximate surface area is 97.8 Å². The highest BCUT2D eigenvalue weighted by Gasteiger charge is 2.00.